The molecule has 1 aliphatic carbocycles. The Hall–Kier alpha value is -2.73. The van der Waals surface area contributed by atoms with Gasteiger partial charge in [-0.15, -0.1) is 0 Å². The molecule has 1 fully saturated rings. The van der Waals surface area contributed by atoms with E-state index in [1.807, 2.05) is 25.5 Å². The van der Waals surface area contributed by atoms with E-state index in [1.165, 1.54) is 24.7 Å². The summed E-state index contributed by atoms with van der Waals surface area (Å²) in [7, 11) is 0. The van der Waals surface area contributed by atoms with Crippen LogP contribution in [0.25, 0.3) is 11.4 Å². The maximum atomic E-state index is 4.49. The molecule has 0 saturated heterocycles. The third kappa shape index (κ3) is 4.46. The van der Waals surface area contributed by atoms with E-state index in [2.05, 4.69) is 42.0 Å². The number of hydrogen-bond acceptors (Lipinski definition) is 6. The van der Waals surface area contributed by atoms with Crippen molar-refractivity contribution in [1.29, 1.82) is 0 Å². The quantitative estimate of drug-likeness (QED) is 0.655. The topological polar surface area (TPSA) is 67.7 Å². The largest absolute Gasteiger partial charge is 0.294 e. The number of hydrogen-bond donors (Lipinski definition) is 0. The third-order valence-corrected chi connectivity index (χ3v) is 4.52. The van der Waals surface area contributed by atoms with Crippen LogP contribution in [0.2, 0.25) is 0 Å². The molecule has 132 valence electrons. The molecule has 1 saturated carbocycles. The Labute approximate surface area is 153 Å². The summed E-state index contributed by atoms with van der Waals surface area (Å²) in [6, 6.07) is 4.24. The zero-order valence-electron chi connectivity index (χ0n) is 14.9. The fraction of sp³-hybridized carbons (Fsp3) is 0.350. The molecular weight excluding hydrogens is 324 g/mol. The van der Waals surface area contributed by atoms with Crippen molar-refractivity contribution in [3.8, 4) is 11.4 Å². The third-order valence-electron chi connectivity index (χ3n) is 4.52. The predicted molar refractivity (Wildman–Crippen MR) is 98.9 cm³/mol. The molecule has 0 bridgehead atoms. The van der Waals surface area contributed by atoms with E-state index < -0.39 is 0 Å². The SMILES string of the molecule is Cc1ccc(CN(Cc2cnc(-c3cncnc3)nc2)CC2CC2)cn1. The lowest BCUT2D eigenvalue weighted by molar-refractivity contribution is 0.245. The lowest BCUT2D eigenvalue weighted by Gasteiger charge is -2.22. The maximum absolute atomic E-state index is 4.49. The highest BCUT2D eigenvalue weighted by molar-refractivity contribution is 5.50. The van der Waals surface area contributed by atoms with Crippen LogP contribution in [0.15, 0.2) is 49.4 Å². The molecule has 0 aromatic carbocycles. The highest BCUT2D eigenvalue weighted by Crippen LogP contribution is 2.30. The molecule has 0 aliphatic heterocycles. The van der Waals surface area contributed by atoms with Crippen LogP contribution in [0.5, 0.6) is 0 Å². The Morgan fingerprint density at radius 2 is 1.58 bits per heavy atom. The van der Waals surface area contributed by atoms with Crippen LogP contribution in [0, 0.1) is 12.8 Å². The monoisotopic (exact) mass is 346 g/mol. The highest BCUT2D eigenvalue weighted by atomic mass is 15.1. The zero-order chi connectivity index (χ0) is 17.8. The first-order chi connectivity index (χ1) is 12.8. The summed E-state index contributed by atoms with van der Waals surface area (Å²) in [6.07, 6.45) is 13.4. The predicted octanol–water partition coefficient (Wildman–Crippen LogP) is 3.05. The van der Waals surface area contributed by atoms with E-state index in [0.717, 1.165) is 42.4 Å². The zero-order valence-corrected chi connectivity index (χ0v) is 14.9. The van der Waals surface area contributed by atoms with Crippen molar-refractivity contribution in [3.05, 3.63) is 66.3 Å². The second kappa shape index (κ2) is 7.66. The summed E-state index contributed by atoms with van der Waals surface area (Å²) in [4.78, 5) is 23.9. The van der Waals surface area contributed by atoms with E-state index in [-0.39, 0.29) is 0 Å². The van der Waals surface area contributed by atoms with Gasteiger partial charge in [0, 0.05) is 61.9 Å². The molecule has 0 amide bonds. The number of aromatic nitrogens is 5. The van der Waals surface area contributed by atoms with Gasteiger partial charge in [-0.05, 0) is 37.3 Å². The summed E-state index contributed by atoms with van der Waals surface area (Å²) < 4.78 is 0. The standard InChI is InChI=1S/C20H22N6/c1-15-2-3-17(6-23-15)12-26(11-16-4-5-16)13-18-7-24-20(25-8-18)19-9-21-14-22-10-19/h2-3,6-10,14,16H,4-5,11-13H2,1H3. The van der Waals surface area contributed by atoms with Crippen LogP contribution in [0.1, 0.15) is 29.7 Å². The fourth-order valence-corrected chi connectivity index (χ4v) is 2.96. The number of rotatable bonds is 7. The average Bonchev–Trinajstić information content (AvgIpc) is 3.49. The molecule has 4 rings (SSSR count). The highest BCUT2D eigenvalue weighted by Gasteiger charge is 2.24. The van der Waals surface area contributed by atoms with Crippen LogP contribution >= 0.6 is 0 Å². The van der Waals surface area contributed by atoms with Gasteiger partial charge in [0.05, 0.1) is 5.56 Å². The van der Waals surface area contributed by atoms with E-state index in [0.29, 0.717) is 5.82 Å². The number of aryl methyl sites for hydroxylation is 1. The Morgan fingerprint density at radius 3 is 2.23 bits per heavy atom. The van der Waals surface area contributed by atoms with Crippen molar-refractivity contribution >= 4 is 0 Å². The number of nitrogens with zero attached hydrogens (tertiary/aromatic N) is 6. The molecular formula is C20H22N6. The summed E-state index contributed by atoms with van der Waals surface area (Å²) in [5.74, 6) is 1.49. The van der Waals surface area contributed by atoms with Crippen LogP contribution in [-0.4, -0.2) is 36.4 Å². The van der Waals surface area contributed by atoms with Gasteiger partial charge in [-0.2, -0.15) is 0 Å². The van der Waals surface area contributed by atoms with Gasteiger partial charge in [0.2, 0.25) is 0 Å². The first kappa shape index (κ1) is 16.7. The minimum Gasteiger partial charge on any atom is -0.294 e. The molecule has 6 heteroatoms. The molecule has 6 nitrogen and oxygen atoms in total. The first-order valence-electron chi connectivity index (χ1n) is 8.96. The van der Waals surface area contributed by atoms with E-state index in [1.54, 1.807) is 12.4 Å². The Morgan fingerprint density at radius 1 is 0.885 bits per heavy atom. The number of pyridine rings is 1. The van der Waals surface area contributed by atoms with E-state index >= 15 is 0 Å². The van der Waals surface area contributed by atoms with Gasteiger partial charge < -0.3 is 0 Å². The van der Waals surface area contributed by atoms with Gasteiger partial charge in [-0.25, -0.2) is 19.9 Å². The van der Waals surface area contributed by atoms with E-state index in [9.17, 15) is 0 Å². The van der Waals surface area contributed by atoms with Crippen molar-refractivity contribution in [2.45, 2.75) is 32.9 Å². The lowest BCUT2D eigenvalue weighted by atomic mass is 10.2. The van der Waals surface area contributed by atoms with Crippen molar-refractivity contribution in [2.24, 2.45) is 5.92 Å². The first-order valence-corrected chi connectivity index (χ1v) is 8.96. The van der Waals surface area contributed by atoms with Crippen molar-refractivity contribution in [1.82, 2.24) is 29.8 Å². The minimum atomic E-state index is 0.658. The Balaban J connectivity index is 1.45. The fourth-order valence-electron chi connectivity index (χ4n) is 2.96. The summed E-state index contributed by atoms with van der Waals surface area (Å²) >= 11 is 0. The molecule has 0 radical (unpaired) electrons. The van der Waals surface area contributed by atoms with Crippen LogP contribution in [0.4, 0.5) is 0 Å². The summed E-state index contributed by atoms with van der Waals surface area (Å²) in [6.45, 7) is 4.87. The molecule has 0 unspecified atom stereocenters. The van der Waals surface area contributed by atoms with Crippen molar-refractivity contribution < 1.29 is 0 Å². The van der Waals surface area contributed by atoms with Crippen LogP contribution in [0.3, 0.4) is 0 Å². The van der Waals surface area contributed by atoms with Gasteiger partial charge in [0.1, 0.15) is 6.33 Å². The molecule has 0 N–H and O–H groups in total. The van der Waals surface area contributed by atoms with E-state index in [4.69, 9.17) is 0 Å². The summed E-state index contributed by atoms with van der Waals surface area (Å²) in [5.41, 5.74) is 4.25. The van der Waals surface area contributed by atoms with Gasteiger partial charge in [0.15, 0.2) is 5.82 Å². The molecule has 0 atom stereocenters. The van der Waals surface area contributed by atoms with Gasteiger partial charge in [0.25, 0.3) is 0 Å². The lowest BCUT2D eigenvalue weighted by Crippen LogP contribution is -2.25. The van der Waals surface area contributed by atoms with Gasteiger partial charge in [-0.1, -0.05) is 6.07 Å². The Bertz CT molecular complexity index is 828. The Kier molecular flexibility index (Phi) is 4.93. The normalized spacial score (nSPS) is 13.9. The second-order valence-electron chi connectivity index (χ2n) is 6.96. The molecule has 1 aliphatic rings. The van der Waals surface area contributed by atoms with Crippen molar-refractivity contribution in [2.75, 3.05) is 6.54 Å². The molecule has 0 spiro atoms. The van der Waals surface area contributed by atoms with Gasteiger partial charge >= 0.3 is 0 Å². The molecule has 3 aromatic heterocycles. The smallest absolute Gasteiger partial charge is 0.162 e. The maximum Gasteiger partial charge on any atom is 0.162 e. The molecule has 26 heavy (non-hydrogen) atoms. The molecule has 3 heterocycles. The van der Waals surface area contributed by atoms with Crippen LogP contribution < -0.4 is 0 Å². The average molecular weight is 346 g/mol. The summed E-state index contributed by atoms with van der Waals surface area (Å²) in [5, 5.41) is 0. The van der Waals surface area contributed by atoms with Gasteiger partial charge in [-0.3, -0.25) is 9.88 Å². The second-order valence-corrected chi connectivity index (χ2v) is 6.96. The van der Waals surface area contributed by atoms with Crippen LogP contribution in [-0.2, 0) is 13.1 Å². The minimum absolute atomic E-state index is 0.658. The van der Waals surface area contributed by atoms with Crippen molar-refractivity contribution in [3.63, 3.8) is 0 Å². The molecule has 3 aromatic rings.